The summed E-state index contributed by atoms with van der Waals surface area (Å²) in [5.41, 5.74) is 2.63. The molecule has 0 aromatic heterocycles. The van der Waals surface area contributed by atoms with E-state index in [2.05, 4.69) is 30.9 Å². The van der Waals surface area contributed by atoms with Crippen LogP contribution in [0.1, 0.15) is 35.3 Å². The fourth-order valence-corrected chi connectivity index (χ4v) is 2.85. The maximum atomic E-state index is 11.1. The lowest BCUT2D eigenvalue weighted by molar-refractivity contribution is 0.0696. The number of carboxylic acid groups (broad SMARTS) is 1. The average Bonchev–Trinajstić information content (AvgIpc) is 2.60. The third-order valence-electron chi connectivity index (χ3n) is 4.28. The molecule has 24 heavy (non-hydrogen) atoms. The van der Waals surface area contributed by atoms with Crippen LogP contribution in [0.15, 0.2) is 48.5 Å². The molecule has 0 spiro atoms. The molecule has 0 aliphatic carbocycles. The molecule has 2 aromatic carbocycles. The van der Waals surface area contributed by atoms with Gasteiger partial charge in [-0.15, -0.1) is 0 Å². The minimum Gasteiger partial charge on any atom is -0.497 e. The quantitative estimate of drug-likeness (QED) is 0.800. The molecule has 4 nitrogen and oxygen atoms in total. The van der Waals surface area contributed by atoms with Crippen molar-refractivity contribution in [1.29, 1.82) is 0 Å². The van der Waals surface area contributed by atoms with Gasteiger partial charge in [0.25, 0.3) is 0 Å². The normalized spacial score (nSPS) is 12.2. The zero-order valence-corrected chi connectivity index (χ0v) is 14.5. The van der Waals surface area contributed by atoms with E-state index >= 15 is 0 Å². The number of hydrogen-bond acceptors (Lipinski definition) is 3. The van der Waals surface area contributed by atoms with E-state index in [-0.39, 0.29) is 0 Å². The Morgan fingerprint density at radius 2 is 1.88 bits per heavy atom. The fraction of sp³-hybridized carbons (Fsp3) is 0.350. The molecule has 2 rings (SSSR count). The lowest BCUT2D eigenvalue weighted by Crippen LogP contribution is -2.34. The summed E-state index contributed by atoms with van der Waals surface area (Å²) in [7, 11) is 1.67. The molecule has 128 valence electrons. The summed E-state index contributed by atoms with van der Waals surface area (Å²) in [6, 6.07) is 15.7. The lowest BCUT2D eigenvalue weighted by atomic mass is 10.0. The zero-order valence-electron chi connectivity index (χ0n) is 14.5. The first-order valence-corrected chi connectivity index (χ1v) is 8.22. The van der Waals surface area contributed by atoms with Crippen molar-refractivity contribution in [1.82, 2.24) is 4.90 Å². The highest BCUT2D eigenvalue weighted by molar-refractivity contribution is 5.87. The number of aromatic carboxylic acids is 1. The van der Waals surface area contributed by atoms with Crippen LogP contribution in [0.2, 0.25) is 0 Å². The number of methoxy groups -OCH3 is 1. The first kappa shape index (κ1) is 18.0. The zero-order chi connectivity index (χ0) is 17.5. The lowest BCUT2D eigenvalue weighted by Gasteiger charge is -2.28. The summed E-state index contributed by atoms with van der Waals surface area (Å²) < 4.78 is 5.19. The highest BCUT2D eigenvalue weighted by Gasteiger charge is 2.14. The second-order valence-corrected chi connectivity index (χ2v) is 5.97. The number of hydrogen-bond donors (Lipinski definition) is 1. The standard InChI is InChI=1S/C20H25NO3/c1-4-21(14-17-6-5-7-18(13-17)20(22)23)15(2)12-16-8-10-19(24-3)11-9-16/h5-11,13,15H,4,12,14H2,1-3H3,(H,22,23). The summed E-state index contributed by atoms with van der Waals surface area (Å²) in [4.78, 5) is 13.5. The van der Waals surface area contributed by atoms with Gasteiger partial charge in [0.2, 0.25) is 0 Å². The number of likely N-dealkylation sites (N-methyl/N-ethyl adjacent to an activating group) is 1. The van der Waals surface area contributed by atoms with E-state index in [1.807, 2.05) is 18.2 Å². The summed E-state index contributed by atoms with van der Waals surface area (Å²) >= 11 is 0. The van der Waals surface area contributed by atoms with Gasteiger partial charge in [0.15, 0.2) is 0 Å². The Bertz CT molecular complexity index is 667. The van der Waals surface area contributed by atoms with E-state index in [1.165, 1.54) is 5.56 Å². The molecular weight excluding hydrogens is 302 g/mol. The maximum Gasteiger partial charge on any atom is 0.335 e. The Balaban J connectivity index is 2.03. The molecule has 0 bridgehead atoms. The summed E-state index contributed by atoms with van der Waals surface area (Å²) in [6.07, 6.45) is 0.941. The second-order valence-electron chi connectivity index (χ2n) is 5.97. The first-order chi connectivity index (χ1) is 11.5. The van der Waals surface area contributed by atoms with Gasteiger partial charge < -0.3 is 9.84 Å². The van der Waals surface area contributed by atoms with Crippen LogP contribution in [0.5, 0.6) is 5.75 Å². The molecule has 0 amide bonds. The molecule has 1 atom stereocenters. The number of carboxylic acids is 1. The SMILES string of the molecule is CCN(Cc1cccc(C(=O)O)c1)C(C)Cc1ccc(OC)cc1. The number of benzene rings is 2. The van der Waals surface area contributed by atoms with E-state index in [4.69, 9.17) is 9.84 Å². The van der Waals surface area contributed by atoms with Gasteiger partial charge in [-0.3, -0.25) is 4.90 Å². The predicted molar refractivity (Wildman–Crippen MR) is 95.6 cm³/mol. The molecule has 0 fully saturated rings. The monoisotopic (exact) mass is 327 g/mol. The van der Waals surface area contributed by atoms with Crippen molar-refractivity contribution in [2.75, 3.05) is 13.7 Å². The maximum absolute atomic E-state index is 11.1. The minimum atomic E-state index is -0.883. The van der Waals surface area contributed by atoms with Crippen molar-refractivity contribution in [2.24, 2.45) is 0 Å². The van der Waals surface area contributed by atoms with Crippen molar-refractivity contribution in [2.45, 2.75) is 32.9 Å². The van der Waals surface area contributed by atoms with Gasteiger partial charge in [-0.05, 0) is 55.3 Å². The van der Waals surface area contributed by atoms with E-state index in [0.717, 1.165) is 30.8 Å². The average molecular weight is 327 g/mol. The van der Waals surface area contributed by atoms with Gasteiger partial charge in [-0.2, -0.15) is 0 Å². The van der Waals surface area contributed by atoms with Gasteiger partial charge in [-0.1, -0.05) is 31.2 Å². The second kappa shape index (κ2) is 8.50. The summed E-state index contributed by atoms with van der Waals surface area (Å²) in [5.74, 6) is -0.0181. The van der Waals surface area contributed by atoms with Crippen LogP contribution >= 0.6 is 0 Å². The molecule has 1 unspecified atom stereocenters. The van der Waals surface area contributed by atoms with E-state index in [9.17, 15) is 4.79 Å². The highest BCUT2D eigenvalue weighted by atomic mass is 16.5. The highest BCUT2D eigenvalue weighted by Crippen LogP contribution is 2.16. The molecule has 0 saturated heterocycles. The molecule has 0 radical (unpaired) electrons. The molecule has 0 heterocycles. The van der Waals surface area contributed by atoms with Crippen LogP contribution in [-0.4, -0.2) is 35.7 Å². The van der Waals surface area contributed by atoms with E-state index < -0.39 is 5.97 Å². The van der Waals surface area contributed by atoms with Gasteiger partial charge in [0.05, 0.1) is 12.7 Å². The molecular formula is C20H25NO3. The van der Waals surface area contributed by atoms with Gasteiger partial charge in [-0.25, -0.2) is 4.79 Å². The Kier molecular flexibility index (Phi) is 6.38. The number of nitrogens with zero attached hydrogens (tertiary/aromatic N) is 1. The number of rotatable bonds is 8. The van der Waals surface area contributed by atoms with Gasteiger partial charge >= 0.3 is 5.97 Å². The summed E-state index contributed by atoms with van der Waals surface area (Å²) in [5, 5.41) is 9.12. The Morgan fingerprint density at radius 3 is 2.46 bits per heavy atom. The van der Waals surface area contributed by atoms with Crippen molar-refractivity contribution in [3.05, 3.63) is 65.2 Å². The largest absolute Gasteiger partial charge is 0.497 e. The fourth-order valence-electron chi connectivity index (χ4n) is 2.85. The van der Waals surface area contributed by atoms with Crippen LogP contribution in [0.4, 0.5) is 0 Å². The molecule has 1 N–H and O–H groups in total. The van der Waals surface area contributed by atoms with Crippen molar-refractivity contribution < 1.29 is 14.6 Å². The first-order valence-electron chi connectivity index (χ1n) is 8.22. The van der Waals surface area contributed by atoms with E-state index in [0.29, 0.717) is 11.6 Å². The van der Waals surface area contributed by atoms with Crippen LogP contribution in [0.25, 0.3) is 0 Å². The molecule has 0 aliphatic heterocycles. The molecule has 0 saturated carbocycles. The minimum absolute atomic E-state index is 0.339. The predicted octanol–water partition coefficient (Wildman–Crippen LogP) is 3.85. The van der Waals surface area contributed by atoms with Crippen LogP contribution < -0.4 is 4.74 Å². The van der Waals surface area contributed by atoms with Gasteiger partial charge in [0.1, 0.15) is 5.75 Å². The molecule has 4 heteroatoms. The number of carbonyl (C=O) groups is 1. The van der Waals surface area contributed by atoms with Gasteiger partial charge in [0, 0.05) is 12.6 Å². The Hall–Kier alpha value is -2.33. The van der Waals surface area contributed by atoms with Crippen molar-refractivity contribution in [3.63, 3.8) is 0 Å². The number of ether oxygens (including phenoxy) is 1. The Morgan fingerprint density at radius 1 is 1.17 bits per heavy atom. The summed E-state index contributed by atoms with van der Waals surface area (Å²) in [6.45, 7) is 5.99. The van der Waals surface area contributed by atoms with Crippen LogP contribution in [-0.2, 0) is 13.0 Å². The smallest absolute Gasteiger partial charge is 0.335 e. The topological polar surface area (TPSA) is 49.8 Å². The molecule has 0 aliphatic rings. The Labute approximate surface area is 143 Å². The van der Waals surface area contributed by atoms with Crippen LogP contribution in [0, 0.1) is 0 Å². The van der Waals surface area contributed by atoms with E-state index in [1.54, 1.807) is 25.3 Å². The molecule has 2 aromatic rings. The third-order valence-corrected chi connectivity index (χ3v) is 4.28. The van der Waals surface area contributed by atoms with Crippen LogP contribution in [0.3, 0.4) is 0 Å². The van der Waals surface area contributed by atoms with Crippen molar-refractivity contribution >= 4 is 5.97 Å². The van der Waals surface area contributed by atoms with Crippen molar-refractivity contribution in [3.8, 4) is 5.75 Å². The third kappa shape index (κ3) is 4.83.